The molecule has 1 atom stereocenters. The lowest BCUT2D eigenvalue weighted by molar-refractivity contribution is -0.143. The van der Waals surface area contributed by atoms with Crippen molar-refractivity contribution in [2.75, 3.05) is 20.2 Å². The van der Waals surface area contributed by atoms with Gasteiger partial charge in [0, 0.05) is 18.7 Å². The molecule has 5 nitrogen and oxygen atoms in total. The predicted octanol–water partition coefficient (Wildman–Crippen LogP) is 2.08. The van der Waals surface area contributed by atoms with Gasteiger partial charge in [0.1, 0.15) is 17.6 Å². The molecule has 0 spiro atoms. The Balaban J connectivity index is 1.83. The fourth-order valence-corrected chi connectivity index (χ4v) is 2.96. The number of methoxy groups -OCH3 is 1. The second kappa shape index (κ2) is 7.34. The first kappa shape index (κ1) is 17.0. The zero-order chi connectivity index (χ0) is 17.8. The highest BCUT2D eigenvalue weighted by molar-refractivity contribution is 5.90. The van der Waals surface area contributed by atoms with Gasteiger partial charge in [-0.3, -0.25) is 9.59 Å². The molecule has 0 radical (unpaired) electrons. The highest BCUT2D eigenvalue weighted by Crippen LogP contribution is 2.26. The second-order valence-electron chi connectivity index (χ2n) is 5.83. The third-order valence-corrected chi connectivity index (χ3v) is 4.25. The molecule has 6 heteroatoms. The first-order valence-electron chi connectivity index (χ1n) is 8.04. The van der Waals surface area contributed by atoms with Gasteiger partial charge < -0.3 is 15.0 Å². The van der Waals surface area contributed by atoms with Gasteiger partial charge in [-0.1, -0.05) is 30.3 Å². The standard InChI is InChI=1S/C19H19FN2O3/c1-25-14-8-6-13(7-9-14)12-17(23)22-11-10-21-19(24)18(22)15-4-2-3-5-16(15)20/h2-9,18H,10-12H2,1H3,(H,21,24). The minimum Gasteiger partial charge on any atom is -0.497 e. The van der Waals surface area contributed by atoms with E-state index >= 15 is 0 Å². The van der Waals surface area contributed by atoms with Crippen molar-refractivity contribution in [1.82, 2.24) is 10.2 Å². The Labute approximate surface area is 145 Å². The van der Waals surface area contributed by atoms with Crippen LogP contribution in [0.5, 0.6) is 5.75 Å². The normalized spacial score (nSPS) is 17.1. The summed E-state index contributed by atoms with van der Waals surface area (Å²) in [6, 6.07) is 12.3. The van der Waals surface area contributed by atoms with Crippen molar-refractivity contribution in [2.24, 2.45) is 0 Å². The van der Waals surface area contributed by atoms with Crippen LogP contribution in [0.4, 0.5) is 4.39 Å². The average molecular weight is 342 g/mol. The molecule has 2 aromatic carbocycles. The number of hydrogen-bond acceptors (Lipinski definition) is 3. The van der Waals surface area contributed by atoms with E-state index in [1.165, 1.54) is 11.0 Å². The molecular formula is C19H19FN2O3. The summed E-state index contributed by atoms with van der Waals surface area (Å²) in [7, 11) is 1.57. The molecule has 1 heterocycles. The maximum absolute atomic E-state index is 14.2. The number of ether oxygens (including phenoxy) is 1. The molecule has 0 aliphatic carbocycles. The maximum atomic E-state index is 14.2. The van der Waals surface area contributed by atoms with E-state index in [1.807, 2.05) is 0 Å². The fourth-order valence-electron chi connectivity index (χ4n) is 2.96. The number of hydrogen-bond donors (Lipinski definition) is 1. The summed E-state index contributed by atoms with van der Waals surface area (Å²) in [6.45, 7) is 0.706. The van der Waals surface area contributed by atoms with Gasteiger partial charge in [-0.2, -0.15) is 0 Å². The zero-order valence-corrected chi connectivity index (χ0v) is 13.9. The molecule has 0 aromatic heterocycles. The second-order valence-corrected chi connectivity index (χ2v) is 5.83. The SMILES string of the molecule is COc1ccc(CC(=O)N2CCNC(=O)C2c2ccccc2F)cc1. The zero-order valence-electron chi connectivity index (χ0n) is 13.9. The largest absolute Gasteiger partial charge is 0.497 e. The number of nitrogens with zero attached hydrogens (tertiary/aromatic N) is 1. The summed E-state index contributed by atoms with van der Waals surface area (Å²) in [6.07, 6.45) is 0.141. The number of nitrogens with one attached hydrogen (secondary N) is 1. The minimum atomic E-state index is -0.944. The van der Waals surface area contributed by atoms with Crippen LogP contribution in [0.2, 0.25) is 0 Å². The van der Waals surface area contributed by atoms with Crippen LogP contribution in [-0.2, 0) is 16.0 Å². The van der Waals surface area contributed by atoms with Gasteiger partial charge in [0.05, 0.1) is 13.5 Å². The Kier molecular flexibility index (Phi) is 4.97. The average Bonchev–Trinajstić information content (AvgIpc) is 2.63. The van der Waals surface area contributed by atoms with Crippen molar-refractivity contribution in [2.45, 2.75) is 12.5 Å². The lowest BCUT2D eigenvalue weighted by Crippen LogP contribution is -2.52. The monoisotopic (exact) mass is 342 g/mol. The van der Waals surface area contributed by atoms with Gasteiger partial charge >= 0.3 is 0 Å². The van der Waals surface area contributed by atoms with Crippen LogP contribution in [0.15, 0.2) is 48.5 Å². The van der Waals surface area contributed by atoms with Crippen molar-refractivity contribution < 1.29 is 18.7 Å². The van der Waals surface area contributed by atoms with E-state index in [2.05, 4.69) is 5.32 Å². The molecule has 1 saturated heterocycles. The van der Waals surface area contributed by atoms with Crippen molar-refractivity contribution in [3.8, 4) is 5.75 Å². The molecule has 1 unspecified atom stereocenters. The van der Waals surface area contributed by atoms with Crippen LogP contribution in [0.25, 0.3) is 0 Å². The van der Waals surface area contributed by atoms with Gasteiger partial charge in [0.2, 0.25) is 11.8 Å². The molecule has 1 aliphatic heterocycles. The van der Waals surface area contributed by atoms with Crippen molar-refractivity contribution in [1.29, 1.82) is 0 Å². The summed E-state index contributed by atoms with van der Waals surface area (Å²) in [4.78, 5) is 26.5. The number of piperazine rings is 1. The summed E-state index contributed by atoms with van der Waals surface area (Å²) in [5.41, 5.74) is 1.02. The third-order valence-electron chi connectivity index (χ3n) is 4.25. The Morgan fingerprint density at radius 2 is 1.96 bits per heavy atom. The van der Waals surface area contributed by atoms with Crippen LogP contribution < -0.4 is 10.1 Å². The number of rotatable bonds is 4. The Bertz CT molecular complexity index is 776. The number of halogens is 1. The summed E-state index contributed by atoms with van der Waals surface area (Å²) in [5, 5.41) is 2.71. The van der Waals surface area contributed by atoms with Crippen LogP contribution in [0.3, 0.4) is 0 Å². The topological polar surface area (TPSA) is 58.6 Å². The van der Waals surface area contributed by atoms with E-state index < -0.39 is 11.9 Å². The van der Waals surface area contributed by atoms with E-state index in [1.54, 1.807) is 49.6 Å². The molecule has 1 aliphatic rings. The molecule has 2 aromatic rings. The number of carbonyl (C=O) groups excluding carboxylic acids is 2. The number of carbonyl (C=O) groups is 2. The van der Waals surface area contributed by atoms with E-state index in [-0.39, 0.29) is 23.8 Å². The quantitative estimate of drug-likeness (QED) is 0.925. The van der Waals surface area contributed by atoms with E-state index in [4.69, 9.17) is 4.74 Å². The third kappa shape index (κ3) is 3.63. The van der Waals surface area contributed by atoms with Gasteiger partial charge in [-0.25, -0.2) is 4.39 Å². The Morgan fingerprint density at radius 1 is 1.24 bits per heavy atom. The summed E-state index contributed by atoms with van der Waals surface area (Å²) < 4.78 is 19.3. The molecule has 130 valence electrons. The molecule has 0 saturated carbocycles. The van der Waals surface area contributed by atoms with Crippen LogP contribution in [-0.4, -0.2) is 36.9 Å². The smallest absolute Gasteiger partial charge is 0.247 e. The van der Waals surface area contributed by atoms with Crippen LogP contribution >= 0.6 is 0 Å². The van der Waals surface area contributed by atoms with Gasteiger partial charge in [0.25, 0.3) is 0 Å². The van der Waals surface area contributed by atoms with E-state index in [0.717, 1.165) is 5.56 Å². The molecule has 25 heavy (non-hydrogen) atoms. The van der Waals surface area contributed by atoms with Gasteiger partial charge in [-0.05, 0) is 23.8 Å². The predicted molar refractivity (Wildman–Crippen MR) is 90.6 cm³/mol. The lowest BCUT2D eigenvalue weighted by atomic mass is 10.0. The summed E-state index contributed by atoms with van der Waals surface area (Å²) in [5.74, 6) is -0.364. The number of amides is 2. The van der Waals surface area contributed by atoms with Crippen molar-refractivity contribution in [3.63, 3.8) is 0 Å². The highest BCUT2D eigenvalue weighted by atomic mass is 19.1. The first-order chi connectivity index (χ1) is 12.1. The van der Waals surface area contributed by atoms with Crippen molar-refractivity contribution >= 4 is 11.8 Å². The molecule has 2 amide bonds. The Hall–Kier alpha value is -2.89. The molecule has 0 bridgehead atoms. The fraction of sp³-hybridized carbons (Fsp3) is 0.263. The Morgan fingerprint density at radius 3 is 2.64 bits per heavy atom. The number of benzene rings is 2. The van der Waals surface area contributed by atoms with Crippen LogP contribution in [0, 0.1) is 5.82 Å². The van der Waals surface area contributed by atoms with Gasteiger partial charge in [0.15, 0.2) is 0 Å². The van der Waals surface area contributed by atoms with Gasteiger partial charge in [-0.15, -0.1) is 0 Å². The maximum Gasteiger partial charge on any atom is 0.247 e. The van der Waals surface area contributed by atoms with E-state index in [9.17, 15) is 14.0 Å². The molecule has 3 rings (SSSR count). The minimum absolute atomic E-state index is 0.141. The van der Waals surface area contributed by atoms with Crippen LogP contribution in [0.1, 0.15) is 17.2 Å². The van der Waals surface area contributed by atoms with E-state index in [0.29, 0.717) is 18.8 Å². The molecule has 1 N–H and O–H groups in total. The lowest BCUT2D eigenvalue weighted by Gasteiger charge is -2.35. The summed E-state index contributed by atoms with van der Waals surface area (Å²) >= 11 is 0. The highest BCUT2D eigenvalue weighted by Gasteiger charge is 2.35. The molecular weight excluding hydrogens is 323 g/mol. The van der Waals surface area contributed by atoms with Crippen molar-refractivity contribution in [3.05, 3.63) is 65.5 Å². The molecule has 1 fully saturated rings. The first-order valence-corrected chi connectivity index (χ1v) is 8.04.